The molecular formula is C8H2F14. The normalized spacial score (nSPS) is 15.9. The lowest BCUT2D eigenvalue weighted by Gasteiger charge is -2.39. The Bertz CT molecular complexity index is 440. The molecule has 132 valence electrons. The first-order chi connectivity index (χ1) is 9.19. The van der Waals surface area contributed by atoms with Gasteiger partial charge in [-0.05, 0) is 0 Å². The van der Waals surface area contributed by atoms with Gasteiger partial charge in [0.15, 0.2) is 5.83 Å². The molecule has 0 aromatic carbocycles. The molecule has 0 saturated heterocycles. The van der Waals surface area contributed by atoms with Crippen LogP contribution in [0.2, 0.25) is 0 Å². The van der Waals surface area contributed by atoms with E-state index in [2.05, 4.69) is 0 Å². The number of allylic oxidation sites excluding steroid dienone is 1. The van der Waals surface area contributed by atoms with Crippen molar-refractivity contribution in [3.05, 3.63) is 12.4 Å². The molecule has 14 heteroatoms. The molecule has 0 nitrogen and oxygen atoms in total. The number of hydrogen-bond acceptors (Lipinski definition) is 0. The van der Waals surface area contributed by atoms with E-state index in [1.165, 1.54) is 6.58 Å². The van der Waals surface area contributed by atoms with Crippen molar-refractivity contribution in [3.63, 3.8) is 0 Å². The van der Waals surface area contributed by atoms with Gasteiger partial charge in [-0.15, -0.1) is 0 Å². The largest absolute Gasteiger partial charge is 0.460 e. The Morgan fingerprint density at radius 3 is 1.00 bits per heavy atom. The topological polar surface area (TPSA) is 0 Å². The van der Waals surface area contributed by atoms with Crippen LogP contribution in [0.5, 0.6) is 0 Å². The van der Waals surface area contributed by atoms with Crippen molar-refractivity contribution in [1.29, 1.82) is 0 Å². The van der Waals surface area contributed by atoms with Crippen LogP contribution in [0, 0.1) is 0 Å². The second kappa shape index (κ2) is 4.88. The fourth-order valence-electron chi connectivity index (χ4n) is 0.940. The SMILES string of the molecule is C=C(F)C(F)(F)C(F)(F)C(F)(F)C(F)(F)C(F)(F)C(F)(F)F. The first-order valence-corrected chi connectivity index (χ1v) is 4.50. The molecule has 0 heterocycles. The lowest BCUT2D eigenvalue weighted by molar-refractivity contribution is -0.437. The number of halogens is 14. The van der Waals surface area contributed by atoms with E-state index in [1.54, 1.807) is 0 Å². The fraction of sp³-hybridized carbons (Fsp3) is 0.750. The van der Waals surface area contributed by atoms with Gasteiger partial charge < -0.3 is 0 Å². The van der Waals surface area contributed by atoms with Gasteiger partial charge in [0.25, 0.3) is 0 Å². The summed E-state index contributed by atoms with van der Waals surface area (Å²) in [5.74, 6) is -42.0. The average molecular weight is 364 g/mol. The van der Waals surface area contributed by atoms with Gasteiger partial charge in [0.1, 0.15) is 0 Å². The molecule has 22 heavy (non-hydrogen) atoms. The fourth-order valence-corrected chi connectivity index (χ4v) is 0.940. The van der Waals surface area contributed by atoms with Gasteiger partial charge >= 0.3 is 35.8 Å². The molecule has 0 aliphatic heterocycles. The Hall–Kier alpha value is -1.24. The van der Waals surface area contributed by atoms with Crippen LogP contribution in [0.3, 0.4) is 0 Å². The first-order valence-electron chi connectivity index (χ1n) is 4.50. The molecule has 0 amide bonds. The summed E-state index contributed by atoms with van der Waals surface area (Å²) in [5, 5.41) is 0. The predicted octanol–water partition coefficient (Wildman–Crippen LogP) is 5.21. The smallest absolute Gasteiger partial charge is 0.206 e. The summed E-state index contributed by atoms with van der Waals surface area (Å²) in [6.45, 7) is 1.41. The van der Waals surface area contributed by atoms with E-state index in [4.69, 9.17) is 0 Å². The molecular weight excluding hydrogens is 362 g/mol. The Labute approximate surface area is 111 Å². The minimum Gasteiger partial charge on any atom is -0.206 e. The molecule has 0 bridgehead atoms. The Morgan fingerprint density at radius 1 is 0.500 bits per heavy atom. The van der Waals surface area contributed by atoms with E-state index in [0.29, 0.717) is 0 Å². The average Bonchev–Trinajstić information content (AvgIpc) is 2.25. The van der Waals surface area contributed by atoms with E-state index in [-0.39, 0.29) is 0 Å². The third-order valence-corrected chi connectivity index (χ3v) is 2.27. The molecule has 0 aliphatic carbocycles. The van der Waals surface area contributed by atoms with Crippen molar-refractivity contribution >= 4 is 0 Å². The summed E-state index contributed by atoms with van der Waals surface area (Å²) >= 11 is 0. The summed E-state index contributed by atoms with van der Waals surface area (Å²) in [4.78, 5) is 0. The van der Waals surface area contributed by atoms with Crippen LogP contribution >= 0.6 is 0 Å². The summed E-state index contributed by atoms with van der Waals surface area (Å²) in [5.41, 5.74) is 0. The van der Waals surface area contributed by atoms with Crippen LogP contribution in [0.25, 0.3) is 0 Å². The van der Waals surface area contributed by atoms with E-state index >= 15 is 0 Å². The maximum absolute atomic E-state index is 12.7. The number of alkyl halides is 13. The van der Waals surface area contributed by atoms with Crippen molar-refractivity contribution in [2.45, 2.75) is 35.8 Å². The van der Waals surface area contributed by atoms with Crippen molar-refractivity contribution < 1.29 is 61.5 Å². The second-order valence-corrected chi connectivity index (χ2v) is 3.77. The highest BCUT2D eigenvalue weighted by Crippen LogP contribution is 2.61. The Kier molecular flexibility index (Phi) is 4.60. The van der Waals surface area contributed by atoms with Crippen LogP contribution in [0.15, 0.2) is 12.4 Å². The van der Waals surface area contributed by atoms with Gasteiger partial charge in [0.05, 0.1) is 0 Å². The van der Waals surface area contributed by atoms with Gasteiger partial charge in [-0.2, -0.15) is 57.1 Å². The molecule has 0 fully saturated rings. The zero-order valence-electron chi connectivity index (χ0n) is 9.50. The molecule has 0 rings (SSSR count). The van der Waals surface area contributed by atoms with Gasteiger partial charge in [0.2, 0.25) is 0 Å². The monoisotopic (exact) mass is 364 g/mol. The summed E-state index contributed by atoms with van der Waals surface area (Å²) in [7, 11) is 0. The standard InChI is InChI=1S/C8H2F14/c1-2(9)3(10,11)4(12,13)5(14,15)6(16,17)7(18,19)8(20,21)22/h1H2. The molecule has 0 aromatic heterocycles. The van der Waals surface area contributed by atoms with E-state index in [9.17, 15) is 61.5 Å². The summed E-state index contributed by atoms with van der Waals surface area (Å²) in [6, 6.07) is 0. The maximum Gasteiger partial charge on any atom is 0.460 e. The van der Waals surface area contributed by atoms with Gasteiger partial charge in [-0.3, -0.25) is 0 Å². The highest BCUT2D eigenvalue weighted by molar-refractivity contribution is 5.16. The summed E-state index contributed by atoms with van der Waals surface area (Å²) < 4.78 is 172. The lowest BCUT2D eigenvalue weighted by Crippen LogP contribution is -2.70. The zero-order chi connectivity index (χ0) is 18.6. The highest BCUT2D eigenvalue weighted by Gasteiger charge is 2.91. The molecule has 0 aromatic rings. The van der Waals surface area contributed by atoms with Crippen LogP contribution in [-0.4, -0.2) is 35.8 Å². The van der Waals surface area contributed by atoms with Crippen molar-refractivity contribution in [2.75, 3.05) is 0 Å². The minimum atomic E-state index is -8.03. The molecule has 0 aliphatic rings. The highest BCUT2D eigenvalue weighted by atomic mass is 19.4. The first kappa shape index (κ1) is 20.8. The third-order valence-electron chi connectivity index (χ3n) is 2.27. The van der Waals surface area contributed by atoms with Crippen LogP contribution in [-0.2, 0) is 0 Å². The van der Waals surface area contributed by atoms with Crippen molar-refractivity contribution in [1.82, 2.24) is 0 Å². The zero-order valence-corrected chi connectivity index (χ0v) is 9.50. The van der Waals surface area contributed by atoms with Gasteiger partial charge in [-0.1, -0.05) is 6.58 Å². The molecule has 0 saturated carbocycles. The molecule has 0 atom stereocenters. The lowest BCUT2D eigenvalue weighted by atomic mass is 9.93. The van der Waals surface area contributed by atoms with Gasteiger partial charge in [-0.25, -0.2) is 4.39 Å². The van der Waals surface area contributed by atoms with Crippen LogP contribution in [0.4, 0.5) is 61.5 Å². The van der Waals surface area contributed by atoms with Crippen LogP contribution < -0.4 is 0 Å². The van der Waals surface area contributed by atoms with Crippen LogP contribution in [0.1, 0.15) is 0 Å². The van der Waals surface area contributed by atoms with E-state index < -0.39 is 41.6 Å². The molecule has 0 N–H and O–H groups in total. The Morgan fingerprint density at radius 2 is 0.773 bits per heavy atom. The maximum atomic E-state index is 12.7. The second-order valence-electron chi connectivity index (χ2n) is 3.77. The number of rotatable bonds is 5. The minimum absolute atomic E-state index is 1.41. The van der Waals surface area contributed by atoms with Crippen molar-refractivity contribution in [2.24, 2.45) is 0 Å². The summed E-state index contributed by atoms with van der Waals surface area (Å²) in [6.07, 6.45) is -7.49. The Balaban J connectivity index is 6.29. The third kappa shape index (κ3) is 2.39. The van der Waals surface area contributed by atoms with Gasteiger partial charge in [0, 0.05) is 0 Å². The van der Waals surface area contributed by atoms with E-state index in [1.807, 2.05) is 0 Å². The number of hydrogen-bond donors (Lipinski definition) is 0. The molecule has 0 spiro atoms. The molecule has 0 unspecified atom stereocenters. The predicted molar refractivity (Wildman–Crippen MR) is 41.0 cm³/mol. The van der Waals surface area contributed by atoms with Crippen molar-refractivity contribution in [3.8, 4) is 0 Å². The quantitative estimate of drug-likeness (QED) is 0.588. The molecule has 0 radical (unpaired) electrons. The van der Waals surface area contributed by atoms with E-state index in [0.717, 1.165) is 0 Å².